The second-order valence-corrected chi connectivity index (χ2v) is 9.04. The molecule has 0 aliphatic rings. The fraction of sp³-hybridized carbons (Fsp3) is 0.0952. The molecule has 0 radical (unpaired) electrons. The molecule has 29 heavy (non-hydrogen) atoms. The summed E-state index contributed by atoms with van der Waals surface area (Å²) >= 11 is 11.9. The summed E-state index contributed by atoms with van der Waals surface area (Å²) in [6, 6.07) is 15.6. The minimum Gasteiger partial charge on any atom is -0.505 e. The van der Waals surface area contributed by atoms with Crippen LogP contribution in [0.15, 0.2) is 70.5 Å². The largest absolute Gasteiger partial charge is 0.505 e. The highest BCUT2D eigenvalue weighted by Gasteiger charge is 2.21. The number of carbonyl (C=O) groups is 1. The first-order chi connectivity index (χ1) is 13.8. The van der Waals surface area contributed by atoms with Crippen LogP contribution in [0.2, 0.25) is 10.0 Å². The first-order valence-corrected chi connectivity index (χ1v) is 10.8. The van der Waals surface area contributed by atoms with Gasteiger partial charge in [0.1, 0.15) is 12.0 Å². The summed E-state index contributed by atoms with van der Waals surface area (Å²) in [7, 11) is -3.76. The number of nitrogens with one attached hydrogen (secondary N) is 1. The quantitative estimate of drug-likeness (QED) is 0.396. The van der Waals surface area contributed by atoms with Gasteiger partial charge in [0.05, 0.1) is 15.5 Å². The number of aldehydes is 1. The Morgan fingerprint density at radius 3 is 2.31 bits per heavy atom. The van der Waals surface area contributed by atoms with Crippen LogP contribution in [-0.4, -0.2) is 19.8 Å². The summed E-state index contributed by atoms with van der Waals surface area (Å²) in [4.78, 5) is 11.1. The molecule has 0 spiro atoms. The highest BCUT2D eigenvalue weighted by Crippen LogP contribution is 2.33. The van der Waals surface area contributed by atoms with Gasteiger partial charge >= 0.3 is 0 Å². The summed E-state index contributed by atoms with van der Waals surface area (Å²) in [5.41, 5.74) is 1.21. The highest BCUT2D eigenvalue weighted by molar-refractivity contribution is 7.91. The van der Waals surface area contributed by atoms with Gasteiger partial charge in [0.25, 0.3) is 0 Å². The molecule has 5 nitrogen and oxygen atoms in total. The fourth-order valence-corrected chi connectivity index (χ4v) is 4.74. The van der Waals surface area contributed by atoms with Gasteiger partial charge in [0, 0.05) is 28.6 Å². The molecule has 3 aromatic carbocycles. The minimum absolute atomic E-state index is 0.0165. The lowest BCUT2D eigenvalue weighted by Crippen LogP contribution is -2.09. The lowest BCUT2D eigenvalue weighted by Gasteiger charge is -2.15. The average Bonchev–Trinajstić information content (AvgIpc) is 2.70. The number of hydrogen-bond donors (Lipinski definition) is 2. The van der Waals surface area contributed by atoms with Gasteiger partial charge in [0.15, 0.2) is 0 Å². The predicted octanol–water partition coefficient (Wildman–Crippen LogP) is 4.89. The standard InChI is InChI=1S/C21H17Cl2NO4S/c22-16-5-7-18(8-6-16)29(27,28)20-4-2-1-3-15(20)13-24-19-12-17(23)11-14(9-10-25)21(19)26/h1-8,10-12,24,26H,9,13H2. The Kier molecular flexibility index (Phi) is 6.47. The van der Waals surface area contributed by atoms with Gasteiger partial charge in [-0.05, 0) is 48.0 Å². The van der Waals surface area contributed by atoms with Gasteiger partial charge in [-0.3, -0.25) is 0 Å². The van der Waals surface area contributed by atoms with Crippen LogP contribution < -0.4 is 5.32 Å². The smallest absolute Gasteiger partial charge is 0.206 e. The molecule has 3 rings (SSSR count). The molecule has 0 amide bonds. The van der Waals surface area contributed by atoms with Crippen molar-refractivity contribution in [2.24, 2.45) is 0 Å². The van der Waals surface area contributed by atoms with E-state index in [0.29, 0.717) is 33.1 Å². The number of rotatable bonds is 7. The Bertz CT molecular complexity index is 1150. The predicted molar refractivity (Wildman–Crippen MR) is 114 cm³/mol. The van der Waals surface area contributed by atoms with E-state index < -0.39 is 9.84 Å². The van der Waals surface area contributed by atoms with E-state index in [1.54, 1.807) is 18.2 Å². The summed E-state index contributed by atoms with van der Waals surface area (Å²) in [6.07, 6.45) is 0.686. The third-order valence-corrected chi connectivity index (χ3v) is 6.65. The van der Waals surface area contributed by atoms with Crippen molar-refractivity contribution in [1.29, 1.82) is 0 Å². The molecule has 0 bridgehead atoms. The van der Waals surface area contributed by atoms with Crippen molar-refractivity contribution in [2.45, 2.75) is 22.8 Å². The first kappa shape index (κ1) is 21.2. The number of hydrogen-bond acceptors (Lipinski definition) is 5. The van der Waals surface area contributed by atoms with Crippen molar-refractivity contribution in [1.82, 2.24) is 0 Å². The third kappa shape index (κ3) is 4.72. The molecule has 0 saturated heterocycles. The van der Waals surface area contributed by atoms with Crippen molar-refractivity contribution in [3.8, 4) is 5.75 Å². The molecular weight excluding hydrogens is 433 g/mol. The Balaban J connectivity index is 1.93. The van der Waals surface area contributed by atoms with Crippen LogP contribution in [0.25, 0.3) is 0 Å². The molecule has 3 aromatic rings. The molecule has 0 heterocycles. The molecule has 0 fully saturated rings. The molecule has 0 aliphatic heterocycles. The van der Waals surface area contributed by atoms with Crippen LogP contribution in [-0.2, 0) is 27.6 Å². The van der Waals surface area contributed by atoms with E-state index in [4.69, 9.17) is 23.2 Å². The Hall–Kier alpha value is -2.54. The molecule has 0 atom stereocenters. The van der Waals surface area contributed by atoms with E-state index in [2.05, 4.69) is 5.32 Å². The lowest BCUT2D eigenvalue weighted by atomic mass is 10.1. The Labute approximate surface area is 178 Å². The molecule has 0 aliphatic carbocycles. The van der Waals surface area contributed by atoms with Crippen molar-refractivity contribution in [3.63, 3.8) is 0 Å². The summed E-state index contributed by atoms with van der Waals surface area (Å²) in [5, 5.41) is 14.1. The molecular formula is C21H17Cl2NO4S. The van der Waals surface area contributed by atoms with E-state index in [1.807, 2.05) is 0 Å². The number of phenolic OH excluding ortho intramolecular Hbond substituents is 1. The maximum atomic E-state index is 13.1. The Morgan fingerprint density at radius 1 is 0.931 bits per heavy atom. The number of carbonyl (C=O) groups excluding carboxylic acids is 1. The molecule has 0 unspecified atom stereocenters. The molecule has 0 aromatic heterocycles. The zero-order chi connectivity index (χ0) is 21.0. The van der Waals surface area contributed by atoms with Crippen LogP contribution in [0.4, 0.5) is 5.69 Å². The number of halogens is 2. The fourth-order valence-electron chi connectivity index (χ4n) is 2.88. The van der Waals surface area contributed by atoms with Crippen molar-refractivity contribution in [3.05, 3.63) is 81.8 Å². The van der Waals surface area contributed by atoms with Crippen molar-refractivity contribution in [2.75, 3.05) is 5.32 Å². The molecule has 8 heteroatoms. The van der Waals surface area contributed by atoms with Crippen LogP contribution >= 0.6 is 23.2 Å². The van der Waals surface area contributed by atoms with Gasteiger partial charge in [0.2, 0.25) is 9.84 Å². The topological polar surface area (TPSA) is 83.5 Å². The maximum Gasteiger partial charge on any atom is 0.206 e. The second-order valence-electron chi connectivity index (χ2n) is 6.25. The van der Waals surface area contributed by atoms with Gasteiger partial charge in [-0.15, -0.1) is 0 Å². The Morgan fingerprint density at radius 2 is 1.62 bits per heavy atom. The molecule has 0 saturated carbocycles. The highest BCUT2D eigenvalue weighted by atomic mass is 35.5. The SMILES string of the molecule is O=CCc1cc(Cl)cc(NCc2ccccc2S(=O)(=O)c2ccc(Cl)cc2)c1O. The van der Waals surface area contributed by atoms with Gasteiger partial charge in [-0.25, -0.2) is 8.42 Å². The number of sulfone groups is 1. The second kappa shape index (κ2) is 8.86. The van der Waals surface area contributed by atoms with Gasteiger partial charge in [-0.1, -0.05) is 41.4 Å². The van der Waals surface area contributed by atoms with Crippen molar-refractivity contribution >= 4 is 45.0 Å². The van der Waals surface area contributed by atoms with E-state index in [9.17, 15) is 18.3 Å². The zero-order valence-electron chi connectivity index (χ0n) is 15.1. The maximum absolute atomic E-state index is 13.1. The van der Waals surface area contributed by atoms with Crippen LogP contribution in [0.5, 0.6) is 5.75 Å². The normalized spacial score (nSPS) is 11.2. The average molecular weight is 450 g/mol. The summed E-state index contributed by atoms with van der Waals surface area (Å²) in [6.45, 7) is 0.122. The monoisotopic (exact) mass is 449 g/mol. The number of anilines is 1. The molecule has 150 valence electrons. The lowest BCUT2D eigenvalue weighted by molar-refractivity contribution is -0.107. The van der Waals surface area contributed by atoms with Gasteiger partial charge in [-0.2, -0.15) is 0 Å². The third-order valence-electron chi connectivity index (χ3n) is 4.31. The summed E-state index contributed by atoms with van der Waals surface area (Å²) < 4.78 is 26.1. The van der Waals surface area contributed by atoms with Crippen molar-refractivity contribution < 1.29 is 18.3 Å². The summed E-state index contributed by atoms with van der Waals surface area (Å²) in [5.74, 6) is -0.0976. The van der Waals surface area contributed by atoms with Crippen LogP contribution in [0.3, 0.4) is 0 Å². The number of phenols is 1. The minimum atomic E-state index is -3.76. The number of aromatic hydroxyl groups is 1. The van der Waals surface area contributed by atoms with E-state index >= 15 is 0 Å². The van der Waals surface area contributed by atoms with E-state index in [0.717, 1.165) is 0 Å². The van der Waals surface area contributed by atoms with E-state index in [1.165, 1.54) is 42.5 Å². The van der Waals surface area contributed by atoms with Crippen LogP contribution in [0.1, 0.15) is 11.1 Å². The number of benzene rings is 3. The zero-order valence-corrected chi connectivity index (χ0v) is 17.4. The van der Waals surface area contributed by atoms with Crippen LogP contribution in [0, 0.1) is 0 Å². The van der Waals surface area contributed by atoms with E-state index in [-0.39, 0.29) is 28.5 Å². The molecule has 2 N–H and O–H groups in total. The first-order valence-electron chi connectivity index (χ1n) is 8.60. The van der Waals surface area contributed by atoms with Gasteiger partial charge < -0.3 is 15.2 Å².